The van der Waals surface area contributed by atoms with Crippen LogP contribution in [-0.4, -0.2) is 24.2 Å². The molecular weight excluding hydrogens is 289 g/mol. The van der Waals surface area contributed by atoms with Gasteiger partial charge in [0, 0.05) is 12.6 Å². The Balaban J connectivity index is 2.71. The molecule has 0 saturated carbocycles. The minimum Gasteiger partial charge on any atom is -0.397 e. The van der Waals surface area contributed by atoms with Gasteiger partial charge in [-0.3, -0.25) is 0 Å². The topological polar surface area (TPSA) is 58.3 Å². The monoisotopic (exact) mass is 298 g/mol. The predicted octanol–water partition coefficient (Wildman–Crippen LogP) is 2.21. The summed E-state index contributed by atoms with van der Waals surface area (Å²) in [4.78, 5) is 0. The fourth-order valence-electron chi connectivity index (χ4n) is 1.02. The summed E-state index contributed by atoms with van der Waals surface area (Å²) in [5, 5.41) is 11.3. The van der Waals surface area contributed by atoms with E-state index in [1.54, 1.807) is 0 Å². The maximum atomic E-state index is 13.1. The first-order valence-corrected chi connectivity index (χ1v) is 5.15. The van der Waals surface area contributed by atoms with Crippen LogP contribution in [-0.2, 0) is 0 Å². The van der Waals surface area contributed by atoms with Crippen LogP contribution < -0.4 is 11.1 Å². The molecule has 0 aromatic heterocycles. The Kier molecular flexibility index (Phi) is 4.43. The Bertz CT molecular complexity index is 376. The molecule has 0 amide bonds. The largest absolute Gasteiger partial charge is 0.397 e. The van der Waals surface area contributed by atoms with E-state index >= 15 is 0 Å². The number of anilines is 2. The van der Waals surface area contributed by atoms with E-state index in [1.807, 2.05) is 0 Å². The van der Waals surface area contributed by atoms with Crippen molar-refractivity contribution in [3.8, 4) is 0 Å². The number of aliphatic hydroxyl groups excluding tert-OH is 1. The first-order chi connectivity index (χ1) is 7.41. The van der Waals surface area contributed by atoms with Crippen LogP contribution in [0.2, 0.25) is 0 Å². The number of nitrogens with two attached hydrogens (primary N) is 1. The number of nitrogens with one attached hydrogen (secondary N) is 1. The van der Waals surface area contributed by atoms with Gasteiger partial charge in [-0.2, -0.15) is 0 Å². The van der Waals surface area contributed by atoms with Crippen molar-refractivity contribution >= 4 is 27.3 Å². The minimum atomic E-state index is -2.85. The molecule has 0 bridgehead atoms. The summed E-state index contributed by atoms with van der Waals surface area (Å²) < 4.78 is 37.2. The molecule has 4 N–H and O–H groups in total. The highest BCUT2D eigenvalue weighted by Crippen LogP contribution is 2.26. The Hall–Kier alpha value is -0.950. The van der Waals surface area contributed by atoms with Crippen molar-refractivity contribution in [3.05, 3.63) is 22.4 Å². The molecular formula is C9H10BrF3N2O. The molecule has 0 heterocycles. The van der Waals surface area contributed by atoms with Gasteiger partial charge in [-0.15, -0.1) is 0 Å². The Morgan fingerprint density at radius 2 is 2.06 bits per heavy atom. The van der Waals surface area contributed by atoms with E-state index in [4.69, 9.17) is 10.8 Å². The molecule has 0 aliphatic rings. The quantitative estimate of drug-likeness (QED) is 0.747. The second kappa shape index (κ2) is 5.40. The lowest BCUT2D eigenvalue weighted by Gasteiger charge is -2.13. The predicted molar refractivity (Wildman–Crippen MR) is 59.0 cm³/mol. The highest BCUT2D eigenvalue weighted by atomic mass is 79.9. The summed E-state index contributed by atoms with van der Waals surface area (Å²) in [7, 11) is 0. The van der Waals surface area contributed by atoms with Gasteiger partial charge >= 0.3 is 0 Å². The molecule has 3 nitrogen and oxygen atoms in total. The number of hydrogen-bond donors (Lipinski definition) is 3. The molecule has 16 heavy (non-hydrogen) atoms. The van der Waals surface area contributed by atoms with E-state index in [0.717, 1.165) is 6.07 Å². The molecule has 1 rings (SSSR count). The number of nitrogen functional groups attached to an aromatic ring is 1. The fraction of sp³-hybridized carbons (Fsp3) is 0.333. The van der Waals surface area contributed by atoms with Crippen molar-refractivity contribution in [2.24, 2.45) is 0 Å². The standard InChI is InChI=1S/C9H10BrF3N2O/c10-4-1-6(14)7(2-5(4)11)15-3-8(16)9(12)13/h1-2,8-9,15-16H,3,14H2. The zero-order valence-corrected chi connectivity index (χ0v) is 9.64. The number of alkyl halides is 2. The molecule has 1 unspecified atom stereocenters. The minimum absolute atomic E-state index is 0.167. The van der Waals surface area contributed by atoms with Gasteiger partial charge in [-0.1, -0.05) is 0 Å². The summed E-state index contributed by atoms with van der Waals surface area (Å²) in [6, 6.07) is 2.38. The van der Waals surface area contributed by atoms with Crippen LogP contribution in [0.1, 0.15) is 0 Å². The SMILES string of the molecule is Nc1cc(Br)c(F)cc1NCC(O)C(F)F. The van der Waals surface area contributed by atoms with Crippen molar-refractivity contribution in [2.45, 2.75) is 12.5 Å². The molecule has 1 aromatic rings. The first kappa shape index (κ1) is 13.1. The van der Waals surface area contributed by atoms with E-state index in [0.29, 0.717) is 0 Å². The van der Waals surface area contributed by atoms with Gasteiger partial charge in [0.05, 0.1) is 15.8 Å². The van der Waals surface area contributed by atoms with Crippen LogP contribution in [0.5, 0.6) is 0 Å². The van der Waals surface area contributed by atoms with Gasteiger partial charge in [0.1, 0.15) is 11.9 Å². The Morgan fingerprint density at radius 3 is 2.62 bits per heavy atom. The van der Waals surface area contributed by atoms with Gasteiger partial charge in [0.2, 0.25) is 0 Å². The van der Waals surface area contributed by atoms with Crippen LogP contribution in [0.15, 0.2) is 16.6 Å². The van der Waals surface area contributed by atoms with Crippen LogP contribution in [0.3, 0.4) is 0 Å². The zero-order valence-electron chi connectivity index (χ0n) is 8.05. The second-order valence-electron chi connectivity index (χ2n) is 3.14. The van der Waals surface area contributed by atoms with Crippen LogP contribution in [0, 0.1) is 5.82 Å². The normalized spacial score (nSPS) is 12.9. The highest BCUT2D eigenvalue weighted by Gasteiger charge is 2.16. The van der Waals surface area contributed by atoms with E-state index < -0.39 is 24.9 Å². The molecule has 7 heteroatoms. The lowest BCUT2D eigenvalue weighted by molar-refractivity contribution is 0.00385. The van der Waals surface area contributed by atoms with Crippen LogP contribution in [0.4, 0.5) is 24.5 Å². The molecule has 0 spiro atoms. The number of aliphatic hydroxyl groups is 1. The second-order valence-corrected chi connectivity index (χ2v) is 3.99. The summed E-state index contributed by atoms with van der Waals surface area (Å²) >= 11 is 2.93. The molecule has 1 atom stereocenters. The number of rotatable bonds is 4. The van der Waals surface area contributed by atoms with E-state index in [2.05, 4.69) is 21.2 Å². The van der Waals surface area contributed by atoms with Crippen molar-refractivity contribution in [2.75, 3.05) is 17.6 Å². The van der Waals surface area contributed by atoms with Crippen LogP contribution in [0.25, 0.3) is 0 Å². The Morgan fingerprint density at radius 1 is 1.44 bits per heavy atom. The lowest BCUT2D eigenvalue weighted by Crippen LogP contribution is -2.27. The fourth-order valence-corrected chi connectivity index (χ4v) is 1.38. The van der Waals surface area contributed by atoms with Gasteiger partial charge in [-0.05, 0) is 22.0 Å². The smallest absolute Gasteiger partial charge is 0.265 e. The summed E-state index contributed by atoms with van der Waals surface area (Å²) in [6.45, 7) is -0.400. The van der Waals surface area contributed by atoms with Crippen molar-refractivity contribution < 1.29 is 18.3 Å². The summed E-state index contributed by atoms with van der Waals surface area (Å²) in [6.07, 6.45) is -4.67. The Labute approximate surface area is 98.6 Å². The van der Waals surface area contributed by atoms with Crippen molar-refractivity contribution in [3.63, 3.8) is 0 Å². The summed E-state index contributed by atoms with van der Waals surface area (Å²) in [5.41, 5.74) is 5.89. The van der Waals surface area contributed by atoms with Gasteiger partial charge in [0.15, 0.2) is 0 Å². The number of benzene rings is 1. The third-order valence-corrected chi connectivity index (χ3v) is 2.49. The third kappa shape index (κ3) is 3.28. The number of hydrogen-bond acceptors (Lipinski definition) is 3. The van der Waals surface area contributed by atoms with E-state index in [-0.39, 0.29) is 15.8 Å². The first-order valence-electron chi connectivity index (χ1n) is 4.36. The van der Waals surface area contributed by atoms with E-state index in [1.165, 1.54) is 6.07 Å². The van der Waals surface area contributed by atoms with Gasteiger partial charge in [0.25, 0.3) is 6.43 Å². The molecule has 0 saturated heterocycles. The number of halogens is 4. The molecule has 0 aliphatic heterocycles. The van der Waals surface area contributed by atoms with Crippen LogP contribution >= 0.6 is 15.9 Å². The van der Waals surface area contributed by atoms with E-state index in [9.17, 15) is 13.2 Å². The summed E-state index contributed by atoms with van der Waals surface area (Å²) in [5.74, 6) is -0.566. The molecule has 0 radical (unpaired) electrons. The molecule has 90 valence electrons. The average Bonchev–Trinajstić information content (AvgIpc) is 2.20. The van der Waals surface area contributed by atoms with Crippen molar-refractivity contribution in [1.82, 2.24) is 0 Å². The molecule has 0 fully saturated rings. The molecule has 0 aliphatic carbocycles. The maximum absolute atomic E-state index is 13.1. The van der Waals surface area contributed by atoms with Gasteiger partial charge < -0.3 is 16.2 Å². The highest BCUT2D eigenvalue weighted by molar-refractivity contribution is 9.10. The third-order valence-electron chi connectivity index (χ3n) is 1.88. The lowest BCUT2D eigenvalue weighted by atomic mass is 10.2. The zero-order chi connectivity index (χ0) is 12.3. The average molecular weight is 299 g/mol. The van der Waals surface area contributed by atoms with Gasteiger partial charge in [-0.25, -0.2) is 13.2 Å². The van der Waals surface area contributed by atoms with Crippen molar-refractivity contribution in [1.29, 1.82) is 0 Å². The molecule has 1 aromatic carbocycles. The maximum Gasteiger partial charge on any atom is 0.265 e.